The molecule has 7 nitrogen and oxygen atoms in total. The molecule has 2 N–H and O–H groups in total. The van der Waals surface area contributed by atoms with E-state index in [-0.39, 0.29) is 0 Å². The number of nitrogens with zero attached hydrogens (tertiary/aromatic N) is 5. The summed E-state index contributed by atoms with van der Waals surface area (Å²) in [5.41, 5.74) is 6.33. The van der Waals surface area contributed by atoms with Crippen molar-refractivity contribution in [2.45, 2.75) is 34.2 Å². The number of anilines is 3. The van der Waals surface area contributed by atoms with Crippen LogP contribution in [0.1, 0.15) is 28.1 Å². The second-order valence-electron chi connectivity index (χ2n) is 7.05. The summed E-state index contributed by atoms with van der Waals surface area (Å²) in [4.78, 5) is 13.4. The van der Waals surface area contributed by atoms with E-state index in [0.29, 0.717) is 18.3 Å². The van der Waals surface area contributed by atoms with E-state index in [9.17, 15) is 0 Å². The predicted molar refractivity (Wildman–Crippen MR) is 111 cm³/mol. The zero-order chi connectivity index (χ0) is 19.7. The normalized spacial score (nSPS) is 11.0. The molecule has 0 aliphatic rings. The zero-order valence-corrected chi connectivity index (χ0v) is 16.5. The minimum absolute atomic E-state index is 0.517. The fraction of sp³-hybridized carbons (Fsp3) is 0.238. The van der Waals surface area contributed by atoms with Crippen molar-refractivity contribution >= 4 is 23.2 Å². The van der Waals surface area contributed by atoms with Crippen LogP contribution in [0.15, 0.2) is 42.6 Å². The highest BCUT2D eigenvalue weighted by Gasteiger charge is 2.11. The SMILES string of the molecule is Cc1ccnc(CNc2cc(C)nc3nc(Nc4cc(C)ccc4C)nn23)c1. The summed E-state index contributed by atoms with van der Waals surface area (Å²) in [7, 11) is 0. The van der Waals surface area contributed by atoms with Gasteiger partial charge in [0.05, 0.1) is 12.2 Å². The van der Waals surface area contributed by atoms with Crippen LogP contribution in [0.4, 0.5) is 17.5 Å². The van der Waals surface area contributed by atoms with Gasteiger partial charge in [-0.25, -0.2) is 4.98 Å². The maximum atomic E-state index is 4.60. The Morgan fingerprint density at radius 1 is 0.929 bits per heavy atom. The van der Waals surface area contributed by atoms with Gasteiger partial charge in [-0.2, -0.15) is 9.50 Å². The standard InChI is InChI=1S/C21H23N7/c1-13-5-6-15(3)18(10-13)25-20-26-21-24-16(4)11-19(28(21)27-20)23-12-17-9-14(2)7-8-22-17/h5-11,23H,12H2,1-4H3,(H,25,27). The number of nitrogens with one attached hydrogen (secondary N) is 2. The van der Waals surface area contributed by atoms with Crippen molar-refractivity contribution in [2.75, 3.05) is 10.6 Å². The molecular weight excluding hydrogens is 350 g/mol. The van der Waals surface area contributed by atoms with Crippen molar-refractivity contribution in [3.05, 3.63) is 70.7 Å². The summed E-state index contributed by atoms with van der Waals surface area (Å²) in [6, 6.07) is 12.3. The Bertz CT molecular complexity index is 1150. The van der Waals surface area contributed by atoms with E-state index in [0.717, 1.165) is 28.5 Å². The molecule has 4 rings (SSSR count). The highest BCUT2D eigenvalue weighted by molar-refractivity contribution is 5.61. The van der Waals surface area contributed by atoms with Crippen LogP contribution in [-0.2, 0) is 6.54 Å². The molecule has 0 amide bonds. The molecular formula is C21H23N7. The average Bonchev–Trinajstić information content (AvgIpc) is 3.05. The van der Waals surface area contributed by atoms with E-state index in [1.165, 1.54) is 11.1 Å². The number of aromatic nitrogens is 5. The number of hydrogen-bond donors (Lipinski definition) is 2. The van der Waals surface area contributed by atoms with Gasteiger partial charge in [0.25, 0.3) is 5.78 Å². The van der Waals surface area contributed by atoms with Crippen LogP contribution >= 0.6 is 0 Å². The summed E-state index contributed by atoms with van der Waals surface area (Å²) in [5, 5.41) is 11.3. The molecule has 3 heterocycles. The molecule has 0 saturated carbocycles. The number of rotatable bonds is 5. The van der Waals surface area contributed by atoms with Gasteiger partial charge < -0.3 is 10.6 Å². The Kier molecular flexibility index (Phi) is 4.65. The van der Waals surface area contributed by atoms with Crippen molar-refractivity contribution in [1.29, 1.82) is 0 Å². The summed E-state index contributed by atoms with van der Waals surface area (Å²) in [6.07, 6.45) is 1.82. The number of benzene rings is 1. The van der Waals surface area contributed by atoms with Gasteiger partial charge in [-0.3, -0.25) is 4.98 Å². The third-order valence-corrected chi connectivity index (χ3v) is 4.50. The Hall–Kier alpha value is -3.48. The molecule has 0 aliphatic heterocycles. The molecule has 3 aromatic heterocycles. The van der Waals surface area contributed by atoms with Crippen LogP contribution in [0.2, 0.25) is 0 Å². The quantitative estimate of drug-likeness (QED) is 0.548. The van der Waals surface area contributed by atoms with Crippen LogP contribution in [0, 0.1) is 27.7 Å². The molecule has 28 heavy (non-hydrogen) atoms. The summed E-state index contributed by atoms with van der Waals surface area (Å²) >= 11 is 0. The van der Waals surface area contributed by atoms with Crippen molar-refractivity contribution < 1.29 is 0 Å². The van der Waals surface area contributed by atoms with Crippen molar-refractivity contribution in [3.8, 4) is 0 Å². The molecule has 0 radical (unpaired) electrons. The van der Waals surface area contributed by atoms with E-state index in [4.69, 9.17) is 0 Å². The Morgan fingerprint density at radius 2 is 1.75 bits per heavy atom. The van der Waals surface area contributed by atoms with Crippen LogP contribution in [0.3, 0.4) is 0 Å². The molecule has 4 aromatic rings. The maximum absolute atomic E-state index is 4.60. The lowest BCUT2D eigenvalue weighted by Crippen LogP contribution is -2.08. The van der Waals surface area contributed by atoms with Crippen molar-refractivity contribution in [2.24, 2.45) is 0 Å². The first kappa shape index (κ1) is 17.9. The third-order valence-electron chi connectivity index (χ3n) is 4.50. The van der Waals surface area contributed by atoms with Crippen LogP contribution in [0.5, 0.6) is 0 Å². The minimum Gasteiger partial charge on any atom is -0.364 e. The van der Waals surface area contributed by atoms with Gasteiger partial charge in [0, 0.05) is 23.6 Å². The first-order valence-electron chi connectivity index (χ1n) is 9.22. The predicted octanol–water partition coefficient (Wildman–Crippen LogP) is 4.11. The summed E-state index contributed by atoms with van der Waals surface area (Å²) < 4.78 is 1.72. The van der Waals surface area contributed by atoms with Gasteiger partial charge in [0.2, 0.25) is 5.95 Å². The fourth-order valence-corrected chi connectivity index (χ4v) is 3.03. The zero-order valence-electron chi connectivity index (χ0n) is 16.5. The van der Waals surface area contributed by atoms with E-state index in [1.54, 1.807) is 4.52 Å². The minimum atomic E-state index is 0.517. The van der Waals surface area contributed by atoms with Gasteiger partial charge in [0.15, 0.2) is 0 Å². The average molecular weight is 373 g/mol. The molecule has 7 heteroatoms. The highest BCUT2D eigenvalue weighted by Crippen LogP contribution is 2.21. The first-order chi connectivity index (χ1) is 13.5. The monoisotopic (exact) mass is 373 g/mol. The summed E-state index contributed by atoms with van der Waals surface area (Å²) in [6.45, 7) is 8.72. The number of hydrogen-bond acceptors (Lipinski definition) is 6. The molecule has 0 saturated heterocycles. The van der Waals surface area contributed by atoms with Gasteiger partial charge in [-0.1, -0.05) is 12.1 Å². The smallest absolute Gasteiger partial charge is 0.256 e. The van der Waals surface area contributed by atoms with E-state index in [1.807, 2.05) is 25.3 Å². The molecule has 142 valence electrons. The fourth-order valence-electron chi connectivity index (χ4n) is 3.03. The Morgan fingerprint density at radius 3 is 2.57 bits per heavy atom. The van der Waals surface area contributed by atoms with E-state index < -0.39 is 0 Å². The first-order valence-corrected chi connectivity index (χ1v) is 9.22. The molecule has 0 aliphatic carbocycles. The molecule has 0 atom stereocenters. The summed E-state index contributed by atoms with van der Waals surface area (Å²) in [5.74, 6) is 1.89. The van der Waals surface area contributed by atoms with Gasteiger partial charge in [-0.05, 0) is 62.6 Å². The van der Waals surface area contributed by atoms with Crippen LogP contribution in [-0.4, -0.2) is 24.6 Å². The highest BCUT2D eigenvalue weighted by atomic mass is 15.4. The van der Waals surface area contributed by atoms with Crippen molar-refractivity contribution in [3.63, 3.8) is 0 Å². The molecule has 0 unspecified atom stereocenters. The maximum Gasteiger partial charge on any atom is 0.256 e. The number of pyridine rings is 1. The lowest BCUT2D eigenvalue weighted by Gasteiger charge is -2.08. The van der Waals surface area contributed by atoms with Crippen molar-refractivity contribution in [1.82, 2.24) is 24.6 Å². The van der Waals surface area contributed by atoms with Gasteiger partial charge in [-0.15, -0.1) is 5.10 Å². The lowest BCUT2D eigenvalue weighted by molar-refractivity contribution is 0.910. The van der Waals surface area contributed by atoms with Gasteiger partial charge >= 0.3 is 0 Å². The molecule has 0 bridgehead atoms. The second-order valence-corrected chi connectivity index (χ2v) is 7.05. The van der Waals surface area contributed by atoms with Crippen LogP contribution in [0.25, 0.3) is 5.78 Å². The van der Waals surface area contributed by atoms with E-state index >= 15 is 0 Å². The number of aryl methyl sites for hydroxylation is 4. The Labute approximate surface area is 163 Å². The molecule has 0 fully saturated rings. The topological polar surface area (TPSA) is 80.0 Å². The molecule has 1 aromatic carbocycles. The molecule has 0 spiro atoms. The lowest BCUT2D eigenvalue weighted by atomic mass is 10.1. The largest absolute Gasteiger partial charge is 0.364 e. The number of fused-ring (bicyclic) bond motifs is 1. The third kappa shape index (κ3) is 3.78. The van der Waals surface area contributed by atoms with Crippen LogP contribution < -0.4 is 10.6 Å². The second kappa shape index (κ2) is 7.26. The van der Waals surface area contributed by atoms with E-state index in [2.05, 4.69) is 75.7 Å². The van der Waals surface area contributed by atoms with Gasteiger partial charge in [0.1, 0.15) is 5.82 Å². The Balaban J connectivity index is 1.63.